The number of amides is 2. The Bertz CT molecular complexity index is 667. The number of carbonyl (C=O) groups is 3. The molecule has 1 saturated heterocycles. The van der Waals surface area contributed by atoms with Gasteiger partial charge in [-0.3, -0.25) is 9.59 Å². The van der Waals surface area contributed by atoms with Gasteiger partial charge >= 0.3 is 5.97 Å². The molecule has 2 amide bonds. The summed E-state index contributed by atoms with van der Waals surface area (Å²) in [6.07, 6.45) is 1.08. The van der Waals surface area contributed by atoms with Gasteiger partial charge < -0.3 is 15.3 Å². The summed E-state index contributed by atoms with van der Waals surface area (Å²) in [5.41, 5.74) is -0.702. The topological polar surface area (TPSA) is 86.7 Å². The largest absolute Gasteiger partial charge is 0.480 e. The number of thioether (sulfide) groups is 1. The second-order valence-corrected chi connectivity index (χ2v) is 7.51. The number of nitrogens with one attached hydrogen (secondary N) is 1. The normalized spacial score (nSPS) is 21.0. The number of aliphatic carboxylic acids is 1. The van der Waals surface area contributed by atoms with Gasteiger partial charge in [-0.1, -0.05) is 0 Å². The van der Waals surface area contributed by atoms with E-state index in [9.17, 15) is 23.9 Å². The van der Waals surface area contributed by atoms with Crippen LogP contribution in [0.4, 0.5) is 10.1 Å². The molecule has 0 radical (unpaired) electrons. The summed E-state index contributed by atoms with van der Waals surface area (Å²) in [6, 6.07) is 5.40. The van der Waals surface area contributed by atoms with Crippen molar-refractivity contribution in [2.45, 2.75) is 37.5 Å². The zero-order chi connectivity index (χ0) is 18.6. The number of hydrogen-bond acceptors (Lipinski definition) is 4. The Labute approximate surface area is 149 Å². The van der Waals surface area contributed by atoms with Crippen LogP contribution in [0.3, 0.4) is 0 Å². The molecule has 0 saturated carbocycles. The Morgan fingerprint density at radius 1 is 1.36 bits per heavy atom. The van der Waals surface area contributed by atoms with Crippen LogP contribution in [0.5, 0.6) is 0 Å². The molecule has 0 aliphatic carbocycles. The average Bonchev–Trinajstić information content (AvgIpc) is 2.97. The van der Waals surface area contributed by atoms with E-state index in [0.29, 0.717) is 25.1 Å². The van der Waals surface area contributed by atoms with E-state index in [2.05, 4.69) is 5.32 Å². The van der Waals surface area contributed by atoms with E-state index < -0.39 is 22.6 Å². The fourth-order valence-electron chi connectivity index (χ4n) is 2.76. The Hall–Kier alpha value is -2.09. The number of benzene rings is 1. The van der Waals surface area contributed by atoms with Gasteiger partial charge in [-0.05, 0) is 51.0 Å². The summed E-state index contributed by atoms with van der Waals surface area (Å²) >= 11 is 1.14. The molecule has 6 nitrogen and oxygen atoms in total. The predicted octanol–water partition coefficient (Wildman–Crippen LogP) is 2.35. The molecule has 0 aromatic heterocycles. The molecule has 1 heterocycles. The van der Waals surface area contributed by atoms with Crippen molar-refractivity contribution in [1.29, 1.82) is 0 Å². The first-order valence-corrected chi connectivity index (χ1v) is 9.01. The maximum absolute atomic E-state index is 12.8. The molecule has 1 aromatic carbocycles. The molecular formula is C17H21FN2O4S. The van der Waals surface area contributed by atoms with Crippen LogP contribution in [0.25, 0.3) is 0 Å². The van der Waals surface area contributed by atoms with Crippen molar-refractivity contribution >= 4 is 35.2 Å². The second kappa shape index (κ2) is 7.86. The van der Waals surface area contributed by atoms with E-state index in [1.54, 1.807) is 13.8 Å². The molecule has 25 heavy (non-hydrogen) atoms. The van der Waals surface area contributed by atoms with Gasteiger partial charge in [0.05, 0.1) is 11.0 Å². The smallest absolute Gasteiger partial charge is 0.329 e. The number of rotatable bonds is 6. The zero-order valence-electron chi connectivity index (χ0n) is 14.1. The fraction of sp³-hybridized carbons (Fsp3) is 0.471. The lowest BCUT2D eigenvalue weighted by molar-refractivity contribution is -0.155. The van der Waals surface area contributed by atoms with E-state index in [1.807, 2.05) is 0 Å². The van der Waals surface area contributed by atoms with Crippen molar-refractivity contribution in [3.05, 3.63) is 30.1 Å². The molecule has 2 atom stereocenters. The van der Waals surface area contributed by atoms with E-state index in [1.165, 1.54) is 29.2 Å². The van der Waals surface area contributed by atoms with Gasteiger partial charge in [-0.25, -0.2) is 9.18 Å². The number of carboxylic acid groups (broad SMARTS) is 1. The van der Waals surface area contributed by atoms with Gasteiger partial charge in [0, 0.05) is 12.2 Å². The number of anilines is 1. The number of halogens is 1. The average molecular weight is 368 g/mol. The van der Waals surface area contributed by atoms with Crippen molar-refractivity contribution < 1.29 is 23.9 Å². The lowest BCUT2D eigenvalue weighted by atomic mass is 9.99. The van der Waals surface area contributed by atoms with E-state index >= 15 is 0 Å². The molecule has 2 N–H and O–H groups in total. The Morgan fingerprint density at radius 3 is 2.60 bits per heavy atom. The first kappa shape index (κ1) is 19.2. The molecule has 8 heteroatoms. The van der Waals surface area contributed by atoms with E-state index in [-0.39, 0.29) is 17.6 Å². The van der Waals surface area contributed by atoms with Gasteiger partial charge in [0.1, 0.15) is 11.4 Å². The van der Waals surface area contributed by atoms with Gasteiger partial charge in [-0.2, -0.15) is 0 Å². The summed E-state index contributed by atoms with van der Waals surface area (Å²) in [6.45, 7) is 3.63. The first-order valence-electron chi connectivity index (χ1n) is 7.96. The highest BCUT2D eigenvalue weighted by Crippen LogP contribution is 2.31. The SMILES string of the molecule is CC(SCC(=O)Nc1ccc(F)cc1)C(=O)N1CCCC1(C)C(=O)O. The molecule has 2 rings (SSSR count). The van der Waals surface area contributed by atoms with Gasteiger partial charge in [0.15, 0.2) is 0 Å². The van der Waals surface area contributed by atoms with E-state index in [0.717, 1.165) is 11.8 Å². The van der Waals surface area contributed by atoms with Crippen molar-refractivity contribution in [1.82, 2.24) is 4.90 Å². The van der Waals surface area contributed by atoms with Gasteiger partial charge in [0.25, 0.3) is 0 Å². The monoisotopic (exact) mass is 368 g/mol. The fourth-order valence-corrected chi connectivity index (χ4v) is 3.50. The Balaban J connectivity index is 1.87. The van der Waals surface area contributed by atoms with Gasteiger partial charge in [-0.15, -0.1) is 11.8 Å². The van der Waals surface area contributed by atoms with Crippen LogP contribution < -0.4 is 5.32 Å². The maximum Gasteiger partial charge on any atom is 0.329 e. The van der Waals surface area contributed by atoms with Crippen LogP contribution in [-0.4, -0.2) is 50.9 Å². The van der Waals surface area contributed by atoms with Crippen molar-refractivity contribution in [3.8, 4) is 0 Å². The molecular weight excluding hydrogens is 347 g/mol. The second-order valence-electron chi connectivity index (χ2n) is 6.18. The minimum absolute atomic E-state index is 0.0436. The maximum atomic E-state index is 12.8. The molecule has 1 aliphatic heterocycles. The standard InChI is InChI=1S/C17H21FN2O4S/c1-11(15(22)20-9-3-8-17(20,2)16(23)24)25-10-14(21)19-13-6-4-12(18)5-7-13/h4-7,11H,3,8-10H2,1-2H3,(H,19,21)(H,23,24). The Morgan fingerprint density at radius 2 is 2.00 bits per heavy atom. The van der Waals surface area contributed by atoms with Crippen LogP contribution in [0, 0.1) is 5.82 Å². The van der Waals surface area contributed by atoms with Crippen LogP contribution in [-0.2, 0) is 14.4 Å². The first-order chi connectivity index (χ1) is 11.7. The molecule has 2 unspecified atom stereocenters. The van der Waals surface area contributed by atoms with Crippen LogP contribution >= 0.6 is 11.8 Å². The Kier molecular flexibility index (Phi) is 6.05. The van der Waals surface area contributed by atoms with Gasteiger partial charge in [0.2, 0.25) is 11.8 Å². The lowest BCUT2D eigenvalue weighted by Crippen LogP contribution is -2.53. The van der Waals surface area contributed by atoms with E-state index in [4.69, 9.17) is 0 Å². The van der Waals surface area contributed by atoms with Crippen LogP contribution in [0.15, 0.2) is 24.3 Å². The highest BCUT2D eigenvalue weighted by atomic mass is 32.2. The molecule has 1 aromatic rings. The zero-order valence-corrected chi connectivity index (χ0v) is 14.9. The minimum Gasteiger partial charge on any atom is -0.480 e. The number of carboxylic acids is 1. The highest BCUT2D eigenvalue weighted by Gasteiger charge is 2.46. The lowest BCUT2D eigenvalue weighted by Gasteiger charge is -2.33. The summed E-state index contributed by atoms with van der Waals surface area (Å²) < 4.78 is 12.8. The van der Waals surface area contributed by atoms with Crippen LogP contribution in [0.1, 0.15) is 26.7 Å². The predicted molar refractivity (Wildman–Crippen MR) is 93.9 cm³/mol. The number of carbonyl (C=O) groups excluding carboxylic acids is 2. The van der Waals surface area contributed by atoms with Crippen molar-refractivity contribution in [3.63, 3.8) is 0 Å². The molecule has 0 bridgehead atoms. The molecule has 1 aliphatic rings. The number of likely N-dealkylation sites (tertiary alicyclic amines) is 1. The number of nitrogens with zero attached hydrogens (tertiary/aromatic N) is 1. The highest BCUT2D eigenvalue weighted by molar-refractivity contribution is 8.01. The molecule has 136 valence electrons. The van der Waals surface area contributed by atoms with Crippen LogP contribution in [0.2, 0.25) is 0 Å². The molecule has 0 spiro atoms. The minimum atomic E-state index is -1.18. The third-order valence-corrected chi connectivity index (χ3v) is 5.44. The van der Waals surface area contributed by atoms with Crippen molar-refractivity contribution in [2.75, 3.05) is 17.6 Å². The summed E-state index contributed by atoms with van der Waals surface area (Å²) in [4.78, 5) is 37.3. The third-order valence-electron chi connectivity index (χ3n) is 4.31. The number of hydrogen-bond donors (Lipinski definition) is 2. The van der Waals surface area contributed by atoms with Crippen molar-refractivity contribution in [2.24, 2.45) is 0 Å². The summed E-state index contributed by atoms with van der Waals surface area (Å²) in [5.74, 6) is -1.94. The third kappa shape index (κ3) is 4.50. The molecule has 1 fully saturated rings. The quantitative estimate of drug-likeness (QED) is 0.805. The summed E-state index contributed by atoms with van der Waals surface area (Å²) in [5, 5.41) is 11.5. The summed E-state index contributed by atoms with van der Waals surface area (Å²) in [7, 11) is 0.